The van der Waals surface area contributed by atoms with Crippen molar-refractivity contribution >= 4 is 34.4 Å². The fraction of sp³-hybridized carbons (Fsp3) is 0.250. The van der Waals surface area contributed by atoms with Crippen molar-refractivity contribution < 1.29 is 9.59 Å². The molecule has 6 heteroatoms. The molecule has 0 spiro atoms. The number of carbonyl (C=O) groups excluding carboxylic acids is 2. The lowest BCUT2D eigenvalue weighted by Gasteiger charge is -2.31. The van der Waals surface area contributed by atoms with Crippen molar-refractivity contribution in [3.63, 3.8) is 0 Å². The molecule has 0 unspecified atom stereocenters. The maximum atomic E-state index is 12.6. The van der Waals surface area contributed by atoms with Crippen molar-refractivity contribution in [1.29, 1.82) is 0 Å². The number of carbonyl (C=O) groups is 2. The zero-order valence-corrected chi connectivity index (χ0v) is 15.2. The molecule has 26 heavy (non-hydrogen) atoms. The molecule has 1 heterocycles. The van der Waals surface area contributed by atoms with Gasteiger partial charge in [-0.15, -0.1) is 0 Å². The summed E-state index contributed by atoms with van der Waals surface area (Å²) in [5.41, 5.74) is 7.41. The van der Waals surface area contributed by atoms with E-state index in [2.05, 4.69) is 17.1 Å². The number of nitrogens with zero attached hydrogens (tertiary/aromatic N) is 2. The molecule has 2 N–H and O–H groups in total. The van der Waals surface area contributed by atoms with Gasteiger partial charge in [0, 0.05) is 13.0 Å². The lowest BCUT2D eigenvalue weighted by Crippen LogP contribution is -2.46. The van der Waals surface area contributed by atoms with Gasteiger partial charge in [-0.2, -0.15) is 0 Å². The summed E-state index contributed by atoms with van der Waals surface area (Å²) in [6.07, 6.45) is 1.83. The smallest absolute Gasteiger partial charge is 0.231 e. The van der Waals surface area contributed by atoms with Crippen LogP contribution in [0.2, 0.25) is 0 Å². The third-order valence-corrected chi connectivity index (χ3v) is 5.33. The molecule has 0 aliphatic carbocycles. The molecule has 1 saturated heterocycles. The number of amidine groups is 1. The lowest BCUT2D eigenvalue weighted by molar-refractivity contribution is -0.129. The van der Waals surface area contributed by atoms with Gasteiger partial charge in [-0.3, -0.25) is 14.5 Å². The minimum atomic E-state index is -0.560. The minimum absolute atomic E-state index is 0.102. The van der Waals surface area contributed by atoms with E-state index in [1.165, 1.54) is 17.3 Å². The standard InChI is InChI=1S/C20H21N3O2S/c21-19(25)17-14-18(24)23(13-7-10-15-8-3-1-4-9-15)20(26-17)22-16-11-5-2-6-12-16/h1-6,8-9,11-12,17H,7,10,13-14H2,(H2,21,25)/t17-/m0/s1. The topological polar surface area (TPSA) is 75.8 Å². The highest BCUT2D eigenvalue weighted by Crippen LogP contribution is 2.29. The summed E-state index contributed by atoms with van der Waals surface area (Å²) in [5.74, 6) is -0.580. The SMILES string of the molecule is NC(=O)[C@@H]1CC(=O)N(CCCc2ccccc2)C(=Nc2ccccc2)S1. The molecule has 2 aromatic rings. The van der Waals surface area contributed by atoms with Crippen molar-refractivity contribution in [2.24, 2.45) is 10.7 Å². The average Bonchev–Trinajstić information content (AvgIpc) is 2.65. The van der Waals surface area contributed by atoms with Crippen molar-refractivity contribution in [2.75, 3.05) is 6.54 Å². The number of nitrogens with two attached hydrogens (primary N) is 1. The van der Waals surface area contributed by atoms with Crippen LogP contribution in [0.25, 0.3) is 0 Å². The molecule has 0 aromatic heterocycles. The summed E-state index contributed by atoms with van der Waals surface area (Å²) in [5, 5.41) is -0.0142. The molecule has 5 nitrogen and oxygen atoms in total. The van der Waals surface area contributed by atoms with Crippen LogP contribution in [0.1, 0.15) is 18.4 Å². The van der Waals surface area contributed by atoms with Crippen LogP contribution in [0.3, 0.4) is 0 Å². The first-order valence-electron chi connectivity index (χ1n) is 8.57. The van der Waals surface area contributed by atoms with Gasteiger partial charge in [0.2, 0.25) is 11.8 Å². The quantitative estimate of drug-likeness (QED) is 0.852. The second kappa shape index (κ2) is 8.67. The van der Waals surface area contributed by atoms with Gasteiger partial charge in [0.1, 0.15) is 0 Å². The van der Waals surface area contributed by atoms with E-state index in [-0.39, 0.29) is 12.3 Å². The van der Waals surface area contributed by atoms with Gasteiger partial charge >= 0.3 is 0 Å². The van der Waals surface area contributed by atoms with Gasteiger partial charge in [0.25, 0.3) is 0 Å². The Morgan fingerprint density at radius 1 is 1.12 bits per heavy atom. The molecule has 134 valence electrons. The van der Waals surface area contributed by atoms with Crippen molar-refractivity contribution in [2.45, 2.75) is 24.5 Å². The summed E-state index contributed by atoms with van der Waals surface area (Å²) >= 11 is 1.27. The summed E-state index contributed by atoms with van der Waals surface area (Å²) in [6.45, 7) is 0.567. The second-order valence-corrected chi connectivity index (χ2v) is 7.25. The van der Waals surface area contributed by atoms with Crippen LogP contribution in [-0.4, -0.2) is 33.7 Å². The lowest BCUT2D eigenvalue weighted by atomic mass is 10.1. The number of thioether (sulfide) groups is 1. The largest absolute Gasteiger partial charge is 0.369 e. The van der Waals surface area contributed by atoms with Gasteiger partial charge in [0.05, 0.1) is 10.9 Å². The van der Waals surface area contributed by atoms with E-state index in [9.17, 15) is 9.59 Å². The average molecular weight is 367 g/mol. The number of aliphatic imine (C=N–C) groups is 1. The maximum absolute atomic E-state index is 12.6. The van der Waals surface area contributed by atoms with E-state index in [0.717, 1.165) is 18.5 Å². The third-order valence-electron chi connectivity index (χ3n) is 4.13. The summed E-state index contributed by atoms with van der Waals surface area (Å²) in [4.78, 5) is 30.4. The highest BCUT2D eigenvalue weighted by atomic mass is 32.2. The zero-order valence-electron chi connectivity index (χ0n) is 14.4. The molecule has 1 atom stereocenters. The second-order valence-electron chi connectivity index (χ2n) is 6.08. The molecule has 3 rings (SSSR count). The molecule has 1 fully saturated rings. The Kier molecular flexibility index (Phi) is 6.07. The minimum Gasteiger partial charge on any atom is -0.369 e. The van der Waals surface area contributed by atoms with E-state index >= 15 is 0 Å². The number of rotatable bonds is 6. The number of para-hydroxylation sites is 1. The zero-order chi connectivity index (χ0) is 18.4. The summed E-state index contributed by atoms with van der Waals surface area (Å²) in [6, 6.07) is 19.6. The molecule has 0 saturated carbocycles. The van der Waals surface area contributed by atoms with E-state index in [4.69, 9.17) is 5.73 Å². The molecule has 2 aromatic carbocycles. The van der Waals surface area contributed by atoms with Gasteiger partial charge in [0.15, 0.2) is 5.17 Å². The van der Waals surface area contributed by atoms with Crippen LogP contribution in [0.15, 0.2) is 65.7 Å². The summed E-state index contributed by atoms with van der Waals surface area (Å²) in [7, 11) is 0. The number of hydrogen-bond acceptors (Lipinski definition) is 4. The number of benzene rings is 2. The molecule has 0 bridgehead atoms. The van der Waals surface area contributed by atoms with Crippen LogP contribution >= 0.6 is 11.8 Å². The van der Waals surface area contributed by atoms with Crippen LogP contribution in [-0.2, 0) is 16.0 Å². The molecular formula is C20H21N3O2S. The fourth-order valence-corrected chi connectivity index (χ4v) is 3.85. The molecule has 0 radical (unpaired) electrons. The van der Waals surface area contributed by atoms with Gasteiger partial charge in [-0.1, -0.05) is 60.3 Å². The first-order valence-corrected chi connectivity index (χ1v) is 9.45. The number of primary amides is 1. The Balaban J connectivity index is 1.74. The molecule has 2 amide bonds. The van der Waals surface area contributed by atoms with Gasteiger partial charge in [-0.05, 0) is 30.5 Å². The highest BCUT2D eigenvalue weighted by Gasteiger charge is 2.34. The Morgan fingerprint density at radius 3 is 2.42 bits per heavy atom. The maximum Gasteiger partial charge on any atom is 0.231 e. The Bertz CT molecular complexity index is 793. The number of hydrogen-bond donors (Lipinski definition) is 1. The fourth-order valence-electron chi connectivity index (χ4n) is 2.77. The Labute approximate surface area is 157 Å². The van der Waals surface area contributed by atoms with Crippen LogP contribution in [0.4, 0.5) is 5.69 Å². The Morgan fingerprint density at radius 2 is 1.77 bits per heavy atom. The van der Waals surface area contributed by atoms with E-state index in [1.807, 2.05) is 48.5 Å². The number of aryl methyl sites for hydroxylation is 1. The number of amides is 2. The van der Waals surface area contributed by atoms with E-state index in [1.54, 1.807) is 4.90 Å². The first kappa shape index (κ1) is 18.2. The van der Waals surface area contributed by atoms with Crippen LogP contribution in [0, 0.1) is 0 Å². The normalized spacial score (nSPS) is 18.9. The predicted molar refractivity (Wildman–Crippen MR) is 105 cm³/mol. The van der Waals surface area contributed by atoms with E-state index < -0.39 is 11.2 Å². The van der Waals surface area contributed by atoms with Gasteiger partial charge in [-0.25, -0.2) is 4.99 Å². The molecule has 1 aliphatic heterocycles. The molecular weight excluding hydrogens is 346 g/mol. The predicted octanol–water partition coefficient (Wildman–Crippen LogP) is 3.13. The third kappa shape index (κ3) is 4.73. The van der Waals surface area contributed by atoms with Crippen molar-refractivity contribution in [3.8, 4) is 0 Å². The van der Waals surface area contributed by atoms with Crippen LogP contribution < -0.4 is 5.73 Å². The monoisotopic (exact) mass is 367 g/mol. The van der Waals surface area contributed by atoms with Crippen molar-refractivity contribution in [1.82, 2.24) is 4.90 Å². The highest BCUT2D eigenvalue weighted by molar-refractivity contribution is 8.15. The molecule has 1 aliphatic rings. The summed E-state index contributed by atoms with van der Waals surface area (Å²) < 4.78 is 0. The van der Waals surface area contributed by atoms with Gasteiger partial charge < -0.3 is 5.73 Å². The van der Waals surface area contributed by atoms with E-state index in [0.29, 0.717) is 11.7 Å². The van der Waals surface area contributed by atoms with Crippen molar-refractivity contribution in [3.05, 3.63) is 66.2 Å². The first-order chi connectivity index (χ1) is 12.6. The Hall–Kier alpha value is -2.60. The van der Waals surface area contributed by atoms with Crippen LogP contribution in [0.5, 0.6) is 0 Å².